The molecule has 3 aromatic rings. The van der Waals surface area contributed by atoms with Gasteiger partial charge in [0.2, 0.25) is 0 Å². The molecule has 138 valence electrons. The first-order chi connectivity index (χ1) is 12.9. The lowest BCUT2D eigenvalue weighted by atomic mass is 10.3. The highest BCUT2D eigenvalue weighted by molar-refractivity contribution is 6.30. The van der Waals surface area contributed by atoms with Gasteiger partial charge in [0.1, 0.15) is 0 Å². The van der Waals surface area contributed by atoms with Crippen molar-refractivity contribution >= 4 is 29.2 Å². The standard InChI is InChI=1S/C19H17ClN4O3/c1-12-17(23-24(22-12)16-10-6-7-14(20)11-16)19(26)27-13(2)18(25)21-15-8-4-3-5-9-15/h3-11,13H,1-2H3,(H,21,25)/t13-/m1/s1. The van der Waals surface area contributed by atoms with Gasteiger partial charge in [-0.1, -0.05) is 35.9 Å². The Labute approximate surface area is 160 Å². The number of carbonyl (C=O) groups is 2. The van der Waals surface area contributed by atoms with Crippen LogP contribution in [0.5, 0.6) is 0 Å². The molecule has 1 N–H and O–H groups in total. The fraction of sp³-hybridized carbons (Fsp3) is 0.158. The van der Waals surface area contributed by atoms with E-state index >= 15 is 0 Å². The van der Waals surface area contributed by atoms with Crippen LogP contribution in [0.25, 0.3) is 5.69 Å². The normalized spacial score (nSPS) is 11.7. The number of benzene rings is 2. The van der Waals surface area contributed by atoms with Crippen molar-refractivity contribution in [2.45, 2.75) is 20.0 Å². The van der Waals surface area contributed by atoms with E-state index in [9.17, 15) is 9.59 Å². The number of carbonyl (C=O) groups excluding carboxylic acids is 2. The maximum Gasteiger partial charge on any atom is 0.361 e. The zero-order valence-electron chi connectivity index (χ0n) is 14.7. The molecule has 1 aromatic heterocycles. The number of aromatic nitrogens is 3. The number of ether oxygens (including phenoxy) is 1. The van der Waals surface area contributed by atoms with Crippen LogP contribution in [0.1, 0.15) is 23.1 Å². The zero-order chi connectivity index (χ0) is 19.4. The van der Waals surface area contributed by atoms with Crippen molar-refractivity contribution in [3.63, 3.8) is 0 Å². The van der Waals surface area contributed by atoms with Crippen molar-refractivity contribution < 1.29 is 14.3 Å². The molecule has 0 saturated heterocycles. The van der Waals surface area contributed by atoms with E-state index in [2.05, 4.69) is 15.5 Å². The average Bonchev–Trinajstić information content (AvgIpc) is 3.04. The predicted molar refractivity (Wildman–Crippen MR) is 101 cm³/mol. The van der Waals surface area contributed by atoms with Gasteiger partial charge in [0, 0.05) is 10.7 Å². The summed E-state index contributed by atoms with van der Waals surface area (Å²) < 4.78 is 5.23. The van der Waals surface area contributed by atoms with Crippen LogP contribution in [0.2, 0.25) is 5.02 Å². The lowest BCUT2D eigenvalue weighted by Crippen LogP contribution is -2.30. The van der Waals surface area contributed by atoms with Crippen LogP contribution in [0.15, 0.2) is 54.6 Å². The summed E-state index contributed by atoms with van der Waals surface area (Å²) in [6.45, 7) is 3.13. The Balaban J connectivity index is 1.70. The third-order valence-electron chi connectivity index (χ3n) is 3.71. The van der Waals surface area contributed by atoms with E-state index in [0.29, 0.717) is 22.1 Å². The highest BCUT2D eigenvalue weighted by Gasteiger charge is 2.23. The summed E-state index contributed by atoms with van der Waals surface area (Å²) in [7, 11) is 0. The Morgan fingerprint density at radius 1 is 1.11 bits per heavy atom. The topological polar surface area (TPSA) is 86.1 Å². The molecule has 0 unspecified atom stereocenters. The Morgan fingerprint density at radius 3 is 2.56 bits per heavy atom. The van der Waals surface area contributed by atoms with Gasteiger partial charge in [-0.25, -0.2) is 4.79 Å². The Kier molecular flexibility index (Phi) is 5.52. The number of nitrogens with zero attached hydrogens (tertiary/aromatic N) is 3. The van der Waals surface area contributed by atoms with E-state index < -0.39 is 18.0 Å². The first-order valence-corrected chi connectivity index (χ1v) is 8.58. The van der Waals surface area contributed by atoms with Crippen molar-refractivity contribution in [1.29, 1.82) is 0 Å². The second-order valence-corrected chi connectivity index (χ2v) is 6.24. The summed E-state index contributed by atoms with van der Waals surface area (Å²) in [6, 6.07) is 15.8. The third-order valence-corrected chi connectivity index (χ3v) is 3.94. The van der Waals surface area contributed by atoms with E-state index in [1.807, 2.05) is 6.07 Å². The number of para-hydroxylation sites is 1. The molecule has 0 spiro atoms. The molecule has 1 heterocycles. The van der Waals surface area contributed by atoms with E-state index in [1.165, 1.54) is 11.7 Å². The Hall–Kier alpha value is -3.19. The Bertz CT molecular complexity index is 972. The van der Waals surface area contributed by atoms with Gasteiger partial charge in [0.05, 0.1) is 11.4 Å². The maximum atomic E-state index is 12.4. The number of amides is 1. The number of aryl methyl sites for hydroxylation is 1. The number of hydrogen-bond donors (Lipinski definition) is 1. The molecule has 27 heavy (non-hydrogen) atoms. The van der Waals surface area contributed by atoms with Crippen LogP contribution in [0.4, 0.5) is 5.69 Å². The van der Waals surface area contributed by atoms with Gasteiger partial charge in [-0.05, 0) is 44.2 Å². The average molecular weight is 385 g/mol. The van der Waals surface area contributed by atoms with Crippen molar-refractivity contribution in [3.05, 3.63) is 71.0 Å². The van der Waals surface area contributed by atoms with Crippen LogP contribution < -0.4 is 5.32 Å². The van der Waals surface area contributed by atoms with E-state index in [-0.39, 0.29) is 5.69 Å². The van der Waals surface area contributed by atoms with Crippen LogP contribution in [0, 0.1) is 6.92 Å². The van der Waals surface area contributed by atoms with Crippen molar-refractivity contribution in [1.82, 2.24) is 15.0 Å². The van der Waals surface area contributed by atoms with Crippen LogP contribution in [-0.2, 0) is 9.53 Å². The molecular formula is C19H17ClN4O3. The van der Waals surface area contributed by atoms with Crippen molar-refractivity contribution in [3.8, 4) is 5.69 Å². The minimum atomic E-state index is -0.992. The summed E-state index contributed by atoms with van der Waals surface area (Å²) >= 11 is 5.97. The van der Waals surface area contributed by atoms with Gasteiger partial charge in [-0.15, -0.1) is 5.10 Å². The quantitative estimate of drug-likeness (QED) is 0.681. The van der Waals surface area contributed by atoms with Gasteiger partial charge < -0.3 is 10.1 Å². The highest BCUT2D eigenvalue weighted by atomic mass is 35.5. The fourth-order valence-electron chi connectivity index (χ4n) is 2.32. The maximum absolute atomic E-state index is 12.4. The first kappa shape index (κ1) is 18.6. The molecular weight excluding hydrogens is 368 g/mol. The van der Waals surface area contributed by atoms with Gasteiger partial charge in [0.25, 0.3) is 5.91 Å². The molecule has 0 aliphatic carbocycles. The monoisotopic (exact) mass is 384 g/mol. The smallest absolute Gasteiger partial charge is 0.361 e. The number of anilines is 1. The van der Waals surface area contributed by atoms with Crippen molar-refractivity contribution in [2.75, 3.05) is 5.32 Å². The minimum absolute atomic E-state index is 0.0364. The van der Waals surface area contributed by atoms with Gasteiger partial charge in [-0.2, -0.15) is 9.90 Å². The highest BCUT2D eigenvalue weighted by Crippen LogP contribution is 2.15. The predicted octanol–water partition coefficient (Wildman–Crippen LogP) is 3.41. The molecule has 8 heteroatoms. The van der Waals surface area contributed by atoms with E-state index in [4.69, 9.17) is 16.3 Å². The number of nitrogens with one attached hydrogen (secondary N) is 1. The molecule has 0 aliphatic heterocycles. The summed E-state index contributed by atoms with van der Waals surface area (Å²) in [5, 5.41) is 11.6. The molecule has 0 radical (unpaired) electrons. The van der Waals surface area contributed by atoms with Crippen molar-refractivity contribution in [2.24, 2.45) is 0 Å². The second kappa shape index (κ2) is 8.01. The molecule has 7 nitrogen and oxygen atoms in total. The van der Waals surface area contributed by atoms with Crippen LogP contribution in [-0.4, -0.2) is 33.0 Å². The lowest BCUT2D eigenvalue weighted by Gasteiger charge is -2.12. The number of halogens is 1. The zero-order valence-corrected chi connectivity index (χ0v) is 15.5. The molecule has 0 aliphatic rings. The molecule has 0 bridgehead atoms. The van der Waals surface area contributed by atoms with Gasteiger partial charge in [-0.3, -0.25) is 4.79 Å². The van der Waals surface area contributed by atoms with Crippen LogP contribution in [0.3, 0.4) is 0 Å². The second-order valence-electron chi connectivity index (χ2n) is 5.81. The lowest BCUT2D eigenvalue weighted by molar-refractivity contribution is -0.123. The van der Waals surface area contributed by atoms with Gasteiger partial charge in [0.15, 0.2) is 11.8 Å². The third kappa shape index (κ3) is 4.51. The SMILES string of the molecule is Cc1nn(-c2cccc(Cl)c2)nc1C(=O)O[C@H](C)C(=O)Nc1ccccc1. The number of rotatable bonds is 5. The summed E-state index contributed by atoms with van der Waals surface area (Å²) in [4.78, 5) is 25.9. The first-order valence-electron chi connectivity index (χ1n) is 8.21. The summed E-state index contributed by atoms with van der Waals surface area (Å²) in [6.07, 6.45) is -0.992. The number of esters is 1. The fourth-order valence-corrected chi connectivity index (χ4v) is 2.50. The molecule has 0 fully saturated rings. The molecule has 1 amide bonds. The minimum Gasteiger partial charge on any atom is -0.448 e. The largest absolute Gasteiger partial charge is 0.448 e. The molecule has 2 aromatic carbocycles. The van der Waals surface area contributed by atoms with Gasteiger partial charge >= 0.3 is 5.97 Å². The molecule has 1 atom stereocenters. The Morgan fingerprint density at radius 2 is 1.85 bits per heavy atom. The van der Waals surface area contributed by atoms with E-state index in [0.717, 1.165) is 0 Å². The summed E-state index contributed by atoms with van der Waals surface area (Å²) in [5.41, 5.74) is 1.65. The number of hydrogen-bond acceptors (Lipinski definition) is 5. The van der Waals surface area contributed by atoms with Crippen LogP contribution >= 0.6 is 11.6 Å². The molecule has 3 rings (SSSR count). The van der Waals surface area contributed by atoms with E-state index in [1.54, 1.807) is 55.5 Å². The summed E-state index contributed by atoms with van der Waals surface area (Å²) in [5.74, 6) is -1.16. The molecule has 0 saturated carbocycles.